The van der Waals surface area contributed by atoms with Crippen molar-refractivity contribution in [3.8, 4) is 5.75 Å². The number of nitrogens with zero attached hydrogens (tertiary/aromatic N) is 3. The lowest BCUT2D eigenvalue weighted by molar-refractivity contribution is -0.274. The van der Waals surface area contributed by atoms with Gasteiger partial charge in [-0.2, -0.15) is 18.5 Å². The second-order valence-corrected chi connectivity index (χ2v) is 7.73. The van der Waals surface area contributed by atoms with Crippen molar-refractivity contribution in [2.45, 2.75) is 51.1 Å². The van der Waals surface area contributed by atoms with Crippen LogP contribution in [-0.4, -0.2) is 41.4 Å². The van der Waals surface area contributed by atoms with Gasteiger partial charge in [-0.1, -0.05) is 12.1 Å². The molecule has 1 aliphatic carbocycles. The maximum Gasteiger partial charge on any atom is 0.573 e. The van der Waals surface area contributed by atoms with Crippen molar-refractivity contribution >= 4 is 36.9 Å². The summed E-state index contributed by atoms with van der Waals surface area (Å²) >= 11 is 0. The number of hydrogen-bond acceptors (Lipinski definition) is 6. The van der Waals surface area contributed by atoms with E-state index in [1.165, 1.54) is 12.1 Å². The minimum absolute atomic E-state index is 0. The van der Waals surface area contributed by atoms with E-state index in [0.717, 1.165) is 18.4 Å². The van der Waals surface area contributed by atoms with Crippen molar-refractivity contribution in [2.24, 2.45) is 0 Å². The van der Waals surface area contributed by atoms with Gasteiger partial charge in [-0.25, -0.2) is 4.98 Å². The summed E-state index contributed by atoms with van der Waals surface area (Å²) in [4.78, 5) is 22.9. The number of hydrogen-bond donors (Lipinski definition) is 2. The van der Waals surface area contributed by atoms with Crippen LogP contribution in [0.1, 0.15) is 36.9 Å². The molecule has 1 atom stereocenters. The van der Waals surface area contributed by atoms with E-state index in [4.69, 9.17) is 0 Å². The molecule has 2 aromatic rings. The quantitative estimate of drug-likeness (QED) is 0.727. The number of aryl methyl sites for hydroxylation is 1. The second kappa shape index (κ2) is 8.45. The van der Waals surface area contributed by atoms with E-state index in [-0.39, 0.29) is 43.2 Å². The van der Waals surface area contributed by atoms with Gasteiger partial charge in [-0.15, -0.1) is 13.2 Å². The van der Waals surface area contributed by atoms with Gasteiger partial charge >= 0.3 is 6.36 Å². The molecule has 11 heteroatoms. The number of benzene rings is 1. The Balaban J connectivity index is 0.00000272. The summed E-state index contributed by atoms with van der Waals surface area (Å²) in [5.74, 6) is 1.12. The molecule has 2 N–H and O–H groups in total. The third-order valence-electron chi connectivity index (χ3n) is 5.67. The number of carbonyl (C=O) groups excluding carboxylic acids is 1. The highest BCUT2D eigenvalue weighted by molar-refractivity contribution is 7.59. The summed E-state index contributed by atoms with van der Waals surface area (Å²) in [6, 6.07) is 5.85. The molecule has 1 fully saturated rings. The number of rotatable bonds is 4. The van der Waals surface area contributed by atoms with Crippen LogP contribution in [0.15, 0.2) is 24.3 Å². The van der Waals surface area contributed by atoms with Crippen molar-refractivity contribution in [2.75, 3.05) is 22.6 Å². The van der Waals surface area contributed by atoms with Crippen LogP contribution >= 0.6 is 13.5 Å². The number of fused-ring (bicyclic) bond motifs is 1. The Hall–Kier alpha value is -2.69. The molecule has 7 nitrogen and oxygen atoms in total. The molecule has 0 spiro atoms. The number of halogens is 3. The number of anilines is 3. The van der Waals surface area contributed by atoms with Crippen LogP contribution in [0.25, 0.3) is 0 Å². The third kappa shape index (κ3) is 4.81. The maximum absolute atomic E-state index is 12.3. The van der Waals surface area contributed by atoms with Gasteiger partial charge < -0.3 is 20.3 Å². The normalized spacial score (nSPS) is 22.6. The summed E-state index contributed by atoms with van der Waals surface area (Å²) in [5, 5.41) is 6.17. The van der Waals surface area contributed by atoms with Crippen LogP contribution < -0.4 is 20.3 Å². The molecule has 2 aliphatic rings. The molecule has 31 heavy (non-hydrogen) atoms. The van der Waals surface area contributed by atoms with Crippen LogP contribution in [0.3, 0.4) is 0 Å². The molecule has 0 unspecified atom stereocenters. The zero-order valence-corrected chi connectivity index (χ0v) is 18.2. The maximum atomic E-state index is 12.3. The van der Waals surface area contributed by atoms with Gasteiger partial charge in [0.1, 0.15) is 17.5 Å². The smallest absolute Gasteiger partial charge is 0.406 e. The zero-order chi connectivity index (χ0) is 21.6. The summed E-state index contributed by atoms with van der Waals surface area (Å²) in [5.41, 5.74) is 2.28. The zero-order valence-electron chi connectivity index (χ0n) is 17.2. The van der Waals surface area contributed by atoms with Crippen LogP contribution in [0, 0.1) is 6.92 Å². The van der Waals surface area contributed by atoms with Crippen molar-refractivity contribution in [1.82, 2.24) is 9.97 Å². The van der Waals surface area contributed by atoms with E-state index >= 15 is 0 Å². The topological polar surface area (TPSA) is 79.4 Å². The third-order valence-corrected chi connectivity index (χ3v) is 5.67. The molecule has 0 radical (unpaired) electrons. The van der Waals surface area contributed by atoms with E-state index in [1.54, 1.807) is 12.1 Å². The highest BCUT2D eigenvalue weighted by atomic mass is 32.1. The van der Waals surface area contributed by atoms with Gasteiger partial charge in [0.05, 0.1) is 5.69 Å². The van der Waals surface area contributed by atoms with Crippen molar-refractivity contribution in [3.05, 3.63) is 35.5 Å². The number of amides is 1. The molecular formula is C20H24F3N5O2S. The van der Waals surface area contributed by atoms with Crippen LogP contribution in [-0.2, 0) is 4.79 Å². The van der Waals surface area contributed by atoms with E-state index in [1.807, 2.05) is 25.8 Å². The molecule has 1 aromatic heterocycles. The Morgan fingerprint density at radius 3 is 2.45 bits per heavy atom. The first-order valence-corrected chi connectivity index (χ1v) is 9.65. The monoisotopic (exact) mass is 455 g/mol. The summed E-state index contributed by atoms with van der Waals surface area (Å²) in [6.07, 6.45) is -3.04. The van der Waals surface area contributed by atoms with Gasteiger partial charge in [0, 0.05) is 13.1 Å². The lowest BCUT2D eigenvalue weighted by Crippen LogP contribution is -2.45. The Kier molecular flexibility index (Phi) is 6.26. The molecule has 0 bridgehead atoms. The second-order valence-electron chi connectivity index (χ2n) is 7.73. The van der Waals surface area contributed by atoms with Crippen LogP contribution in [0.2, 0.25) is 0 Å². The SMILES string of the molecule is Cc1nc(NC2CC(c3ccc(OC(F)(F)F)cc3)C2)nc2c1NC(=O)[C@H](C)N2C.S. The number of carbonyl (C=O) groups is 1. The van der Waals surface area contributed by atoms with E-state index in [0.29, 0.717) is 23.1 Å². The average Bonchev–Trinajstić information content (AvgIpc) is 2.63. The summed E-state index contributed by atoms with van der Waals surface area (Å²) < 4.78 is 40.7. The number of ether oxygens (including phenoxy) is 1. The summed E-state index contributed by atoms with van der Waals surface area (Å²) in [6.45, 7) is 3.63. The first-order valence-electron chi connectivity index (χ1n) is 9.65. The number of likely N-dealkylation sites (N-methyl/N-ethyl adjacent to an activating group) is 1. The molecule has 168 valence electrons. The fourth-order valence-corrected chi connectivity index (χ4v) is 3.74. The minimum Gasteiger partial charge on any atom is -0.406 e. The van der Waals surface area contributed by atoms with Crippen LogP contribution in [0.5, 0.6) is 5.75 Å². The van der Waals surface area contributed by atoms with Gasteiger partial charge in [0.2, 0.25) is 11.9 Å². The standard InChI is InChI=1S/C20H22F3N5O2.H2S/c1-10-16-17(28(3)11(2)18(29)26-16)27-19(24-10)25-14-8-13(9-14)12-4-6-15(7-5-12)30-20(21,22)23;/h4-7,11,13-14H,8-9H2,1-3H3,(H,26,29)(H,24,25,27);1H2/t11-,13?,14?;/m0./s1. The first kappa shape index (κ1) is 23.0. The average molecular weight is 456 g/mol. The van der Waals surface area contributed by atoms with Crippen molar-refractivity contribution < 1.29 is 22.7 Å². The fraction of sp³-hybridized carbons (Fsp3) is 0.450. The molecular weight excluding hydrogens is 431 g/mol. The van der Waals surface area contributed by atoms with Gasteiger partial charge in [0.25, 0.3) is 0 Å². The number of aromatic nitrogens is 2. The van der Waals surface area contributed by atoms with Gasteiger partial charge in [-0.3, -0.25) is 4.79 Å². The Labute approximate surface area is 184 Å². The molecule has 4 rings (SSSR count). The Morgan fingerprint density at radius 1 is 1.19 bits per heavy atom. The van der Waals surface area contributed by atoms with E-state index in [2.05, 4.69) is 25.3 Å². The highest BCUT2D eigenvalue weighted by Crippen LogP contribution is 2.40. The molecule has 2 heterocycles. The largest absolute Gasteiger partial charge is 0.573 e. The van der Waals surface area contributed by atoms with E-state index in [9.17, 15) is 18.0 Å². The molecule has 1 saturated carbocycles. The Bertz CT molecular complexity index is 965. The lowest BCUT2D eigenvalue weighted by atomic mass is 9.76. The fourth-order valence-electron chi connectivity index (χ4n) is 3.74. The van der Waals surface area contributed by atoms with Crippen molar-refractivity contribution in [3.63, 3.8) is 0 Å². The predicted molar refractivity (Wildman–Crippen MR) is 116 cm³/mol. The highest BCUT2D eigenvalue weighted by Gasteiger charge is 2.34. The first-order chi connectivity index (χ1) is 14.1. The molecule has 0 saturated heterocycles. The number of nitrogens with one attached hydrogen (secondary N) is 2. The Morgan fingerprint density at radius 2 is 1.84 bits per heavy atom. The molecule has 1 aromatic carbocycles. The minimum atomic E-state index is -4.69. The predicted octanol–water partition coefficient (Wildman–Crippen LogP) is 3.93. The van der Waals surface area contributed by atoms with Crippen molar-refractivity contribution in [1.29, 1.82) is 0 Å². The molecule has 1 aliphatic heterocycles. The summed E-state index contributed by atoms with van der Waals surface area (Å²) in [7, 11) is 1.82. The van der Waals surface area contributed by atoms with Crippen LogP contribution in [0.4, 0.5) is 30.6 Å². The molecule has 1 amide bonds. The van der Waals surface area contributed by atoms with Gasteiger partial charge in [-0.05, 0) is 50.3 Å². The lowest BCUT2D eigenvalue weighted by Gasteiger charge is -2.37. The van der Waals surface area contributed by atoms with E-state index < -0.39 is 6.36 Å². The number of alkyl halides is 3. The van der Waals surface area contributed by atoms with Gasteiger partial charge in [0.15, 0.2) is 5.82 Å².